The average Bonchev–Trinajstić information content (AvgIpc) is 2.49. The molecule has 1 N–H and O–H groups in total. The van der Waals surface area contributed by atoms with Gasteiger partial charge in [0.2, 0.25) is 0 Å². The summed E-state index contributed by atoms with van der Waals surface area (Å²) in [6.07, 6.45) is 0.148. The minimum atomic E-state index is -0.546. The molecule has 0 spiro atoms. The lowest BCUT2D eigenvalue weighted by molar-refractivity contribution is 0.136. The van der Waals surface area contributed by atoms with E-state index in [1.807, 2.05) is 6.92 Å². The number of hydrogen-bond donors (Lipinski definition) is 1. The fourth-order valence-electron chi connectivity index (χ4n) is 1.23. The first kappa shape index (κ1) is 10.1. The molecule has 0 aliphatic heterocycles. The number of aliphatic hydroxyl groups excluding tert-OH is 1. The maximum atomic E-state index is 9.73. The van der Waals surface area contributed by atoms with Crippen molar-refractivity contribution in [2.24, 2.45) is 5.92 Å². The summed E-state index contributed by atoms with van der Waals surface area (Å²) in [4.78, 5) is 0. The van der Waals surface area contributed by atoms with Crippen molar-refractivity contribution in [1.29, 1.82) is 0 Å². The van der Waals surface area contributed by atoms with Crippen LogP contribution in [0.5, 0.6) is 0 Å². The van der Waals surface area contributed by atoms with Gasteiger partial charge < -0.3 is 5.11 Å². The van der Waals surface area contributed by atoms with E-state index in [1.165, 1.54) is 0 Å². The first-order valence-corrected chi connectivity index (χ1v) is 4.59. The number of aliphatic hydroxyl groups is 1. The predicted molar refractivity (Wildman–Crippen MR) is 47.9 cm³/mol. The van der Waals surface area contributed by atoms with Crippen LogP contribution in [-0.4, -0.2) is 25.3 Å². The Morgan fingerprint density at radius 3 is 2.69 bits per heavy atom. The lowest BCUT2D eigenvalue weighted by Crippen LogP contribution is -2.11. The lowest BCUT2D eigenvalue weighted by atomic mass is 10.1. The van der Waals surface area contributed by atoms with Crippen LogP contribution in [0.2, 0.25) is 0 Å². The summed E-state index contributed by atoms with van der Waals surface area (Å²) in [5.74, 6) is 1.01. The summed E-state index contributed by atoms with van der Waals surface area (Å²) >= 11 is 0. The highest BCUT2D eigenvalue weighted by Gasteiger charge is 2.16. The van der Waals surface area contributed by atoms with Gasteiger partial charge in [-0.3, -0.25) is 0 Å². The van der Waals surface area contributed by atoms with E-state index in [2.05, 4.69) is 29.4 Å². The molecule has 0 fully saturated rings. The zero-order valence-corrected chi connectivity index (χ0v) is 8.30. The van der Waals surface area contributed by atoms with E-state index < -0.39 is 6.10 Å². The van der Waals surface area contributed by atoms with E-state index in [1.54, 1.807) is 4.68 Å². The second kappa shape index (κ2) is 4.32. The van der Waals surface area contributed by atoms with E-state index in [0.717, 1.165) is 0 Å². The lowest BCUT2D eigenvalue weighted by Gasteiger charge is -2.11. The third kappa shape index (κ3) is 2.48. The molecular formula is C8H16N4O. The summed E-state index contributed by atoms with van der Waals surface area (Å²) in [6, 6.07) is 0. The molecule has 0 radical (unpaired) electrons. The van der Waals surface area contributed by atoms with Gasteiger partial charge in [-0.2, -0.15) is 0 Å². The minimum Gasteiger partial charge on any atom is -0.385 e. The first-order valence-electron chi connectivity index (χ1n) is 4.59. The Hall–Kier alpha value is -0.970. The molecule has 5 heteroatoms. The smallest absolute Gasteiger partial charge is 0.179 e. The van der Waals surface area contributed by atoms with Gasteiger partial charge in [-0.15, -0.1) is 5.10 Å². The monoisotopic (exact) mass is 184 g/mol. The van der Waals surface area contributed by atoms with Gasteiger partial charge in [-0.25, -0.2) is 4.68 Å². The SMILES string of the molecule is CCn1nnnc1C(O)CC(C)C. The number of rotatable bonds is 4. The average molecular weight is 184 g/mol. The Kier molecular flexibility index (Phi) is 3.36. The van der Waals surface area contributed by atoms with Crippen LogP contribution >= 0.6 is 0 Å². The quantitative estimate of drug-likeness (QED) is 0.750. The van der Waals surface area contributed by atoms with Crippen LogP contribution in [0.3, 0.4) is 0 Å². The number of aryl methyl sites for hydroxylation is 1. The standard InChI is InChI=1S/C8H16N4O/c1-4-12-8(9-10-11-12)7(13)5-6(2)3/h6-7,13H,4-5H2,1-3H3. The Morgan fingerprint density at radius 1 is 1.46 bits per heavy atom. The van der Waals surface area contributed by atoms with Crippen molar-refractivity contribution in [2.75, 3.05) is 0 Å². The van der Waals surface area contributed by atoms with Crippen molar-refractivity contribution in [3.8, 4) is 0 Å². The van der Waals surface area contributed by atoms with Crippen LogP contribution in [0.4, 0.5) is 0 Å². The van der Waals surface area contributed by atoms with E-state index in [4.69, 9.17) is 0 Å². The molecule has 1 unspecified atom stereocenters. The second-order valence-electron chi connectivity index (χ2n) is 3.50. The van der Waals surface area contributed by atoms with Gasteiger partial charge in [0.15, 0.2) is 5.82 Å². The normalized spacial score (nSPS) is 13.6. The van der Waals surface area contributed by atoms with Crippen LogP contribution in [0.25, 0.3) is 0 Å². The molecule has 13 heavy (non-hydrogen) atoms. The van der Waals surface area contributed by atoms with Crippen LogP contribution in [0, 0.1) is 5.92 Å². The van der Waals surface area contributed by atoms with E-state index in [-0.39, 0.29) is 0 Å². The molecule has 1 aromatic rings. The maximum absolute atomic E-state index is 9.73. The van der Waals surface area contributed by atoms with E-state index in [9.17, 15) is 5.11 Å². The van der Waals surface area contributed by atoms with Gasteiger partial charge in [0.25, 0.3) is 0 Å². The molecule has 5 nitrogen and oxygen atoms in total. The van der Waals surface area contributed by atoms with Crippen molar-refractivity contribution in [3.05, 3.63) is 5.82 Å². The zero-order chi connectivity index (χ0) is 9.84. The molecule has 1 atom stereocenters. The number of tetrazole rings is 1. The van der Waals surface area contributed by atoms with Crippen LogP contribution in [0.15, 0.2) is 0 Å². The van der Waals surface area contributed by atoms with Crippen molar-refractivity contribution in [2.45, 2.75) is 39.8 Å². The molecule has 1 heterocycles. The Morgan fingerprint density at radius 2 is 2.15 bits per heavy atom. The topological polar surface area (TPSA) is 63.8 Å². The minimum absolute atomic E-state index is 0.442. The van der Waals surface area contributed by atoms with Crippen molar-refractivity contribution in [3.63, 3.8) is 0 Å². The third-order valence-electron chi connectivity index (χ3n) is 1.85. The Balaban J connectivity index is 2.69. The maximum Gasteiger partial charge on any atom is 0.179 e. The first-order chi connectivity index (χ1) is 6.15. The number of nitrogens with zero attached hydrogens (tertiary/aromatic N) is 4. The highest BCUT2D eigenvalue weighted by atomic mass is 16.3. The number of aromatic nitrogens is 4. The Labute approximate surface area is 77.8 Å². The fraction of sp³-hybridized carbons (Fsp3) is 0.875. The van der Waals surface area contributed by atoms with Gasteiger partial charge in [0.1, 0.15) is 6.10 Å². The predicted octanol–water partition coefficient (Wildman–Crippen LogP) is 0.772. The van der Waals surface area contributed by atoms with Crippen LogP contribution < -0.4 is 0 Å². The second-order valence-corrected chi connectivity index (χ2v) is 3.50. The molecule has 0 bridgehead atoms. The van der Waals surface area contributed by atoms with E-state index in [0.29, 0.717) is 24.7 Å². The van der Waals surface area contributed by atoms with E-state index >= 15 is 0 Å². The summed E-state index contributed by atoms with van der Waals surface area (Å²) in [5.41, 5.74) is 0. The van der Waals surface area contributed by atoms with Gasteiger partial charge in [0.05, 0.1) is 0 Å². The summed E-state index contributed by atoms with van der Waals surface area (Å²) < 4.78 is 1.62. The summed E-state index contributed by atoms with van der Waals surface area (Å²) in [6.45, 7) is 6.76. The van der Waals surface area contributed by atoms with Crippen molar-refractivity contribution < 1.29 is 5.11 Å². The molecule has 74 valence electrons. The van der Waals surface area contributed by atoms with Gasteiger partial charge >= 0.3 is 0 Å². The molecule has 1 aromatic heterocycles. The molecule has 0 amide bonds. The molecule has 0 aromatic carbocycles. The highest BCUT2D eigenvalue weighted by molar-refractivity contribution is 4.87. The van der Waals surface area contributed by atoms with Gasteiger partial charge in [-0.1, -0.05) is 13.8 Å². The van der Waals surface area contributed by atoms with Crippen molar-refractivity contribution in [1.82, 2.24) is 20.2 Å². The molecular weight excluding hydrogens is 168 g/mol. The summed E-state index contributed by atoms with van der Waals surface area (Å²) in [7, 11) is 0. The van der Waals surface area contributed by atoms with Crippen LogP contribution in [0.1, 0.15) is 39.1 Å². The highest BCUT2D eigenvalue weighted by Crippen LogP contribution is 2.17. The fourth-order valence-corrected chi connectivity index (χ4v) is 1.23. The number of hydrogen-bond acceptors (Lipinski definition) is 4. The molecule has 0 aliphatic carbocycles. The zero-order valence-electron chi connectivity index (χ0n) is 8.30. The van der Waals surface area contributed by atoms with Gasteiger partial charge in [-0.05, 0) is 29.7 Å². The van der Waals surface area contributed by atoms with Crippen molar-refractivity contribution >= 4 is 0 Å². The summed E-state index contributed by atoms with van der Waals surface area (Å²) in [5, 5.41) is 20.8. The molecule has 1 rings (SSSR count). The largest absolute Gasteiger partial charge is 0.385 e. The molecule has 0 saturated heterocycles. The Bertz CT molecular complexity index is 258. The molecule has 0 saturated carbocycles. The van der Waals surface area contributed by atoms with Gasteiger partial charge in [0, 0.05) is 6.54 Å². The van der Waals surface area contributed by atoms with Crippen LogP contribution in [-0.2, 0) is 6.54 Å². The molecule has 0 aliphatic rings. The third-order valence-corrected chi connectivity index (χ3v) is 1.85.